The highest BCUT2D eigenvalue weighted by Gasteiger charge is 2.36. The molecule has 1 aliphatic carbocycles. The maximum Gasteiger partial charge on any atom is 0.434 e. The molecule has 50 heavy (non-hydrogen) atoms. The van der Waals surface area contributed by atoms with Gasteiger partial charge in [0.1, 0.15) is 18.0 Å². The van der Waals surface area contributed by atoms with Gasteiger partial charge in [0.25, 0.3) is 0 Å². The van der Waals surface area contributed by atoms with Crippen LogP contribution in [0.4, 0.5) is 19.0 Å². The van der Waals surface area contributed by atoms with Crippen LogP contribution in [-0.2, 0) is 12.7 Å². The van der Waals surface area contributed by atoms with E-state index in [9.17, 15) is 13.2 Å². The fraction of sp³-hybridized carbons (Fsp3) is 0.486. The molecule has 3 aliphatic rings. The minimum Gasteiger partial charge on any atom is -0.476 e. The number of aromatic nitrogens is 5. The SMILES string of the molecule is CCn1cc(C(F)(F)F)nc1-c1ccc(N2CCC(=NC)C(=C(N)c3c(OCC(C)C(N)=C4CNCCC4=NC)ncnc3C3CC3)C2)nc1. The maximum atomic E-state index is 13.4. The third-order valence-electron chi connectivity index (χ3n) is 9.53. The molecule has 3 aromatic rings. The fourth-order valence-corrected chi connectivity index (χ4v) is 6.51. The molecule has 12 nitrogen and oxygen atoms in total. The number of hydrogen-bond acceptors (Lipinski definition) is 11. The summed E-state index contributed by atoms with van der Waals surface area (Å²) in [7, 11) is 3.55. The van der Waals surface area contributed by atoms with Crippen LogP contribution in [0.2, 0.25) is 0 Å². The quantitative estimate of drug-likeness (QED) is 0.292. The first kappa shape index (κ1) is 35.1. The number of halogens is 3. The Morgan fingerprint density at radius 2 is 1.84 bits per heavy atom. The maximum absolute atomic E-state index is 13.4. The molecule has 0 bridgehead atoms. The van der Waals surface area contributed by atoms with E-state index in [-0.39, 0.29) is 17.7 Å². The van der Waals surface area contributed by atoms with Crippen molar-refractivity contribution in [2.75, 3.05) is 51.8 Å². The largest absolute Gasteiger partial charge is 0.476 e. The highest BCUT2D eigenvalue weighted by atomic mass is 19.4. The Kier molecular flexibility index (Phi) is 10.2. The first-order valence-corrected chi connectivity index (χ1v) is 17.0. The van der Waals surface area contributed by atoms with Crippen molar-refractivity contribution in [1.82, 2.24) is 29.8 Å². The molecule has 0 aromatic carbocycles. The van der Waals surface area contributed by atoms with Crippen molar-refractivity contribution in [3.63, 3.8) is 0 Å². The van der Waals surface area contributed by atoms with E-state index in [1.807, 2.05) is 6.92 Å². The molecule has 1 unspecified atom stereocenters. The van der Waals surface area contributed by atoms with Crippen LogP contribution in [0.1, 0.15) is 62.4 Å². The van der Waals surface area contributed by atoms with Gasteiger partial charge in [-0.25, -0.2) is 19.9 Å². The average Bonchev–Trinajstić information content (AvgIpc) is 3.89. The molecule has 6 rings (SSSR count). The highest BCUT2D eigenvalue weighted by molar-refractivity contribution is 6.08. The van der Waals surface area contributed by atoms with Crippen LogP contribution >= 0.6 is 0 Å². The molecule has 266 valence electrons. The van der Waals surface area contributed by atoms with Crippen LogP contribution in [0.3, 0.4) is 0 Å². The number of ether oxygens (including phenoxy) is 1. The van der Waals surface area contributed by atoms with Gasteiger partial charge in [0, 0.05) is 118 Å². The van der Waals surface area contributed by atoms with E-state index in [4.69, 9.17) is 16.2 Å². The second-order valence-electron chi connectivity index (χ2n) is 12.8. The number of pyridine rings is 1. The number of piperidine rings is 2. The minimum absolute atomic E-state index is 0.106. The zero-order valence-electron chi connectivity index (χ0n) is 28.9. The predicted octanol–water partition coefficient (Wildman–Crippen LogP) is 4.59. The third-order valence-corrected chi connectivity index (χ3v) is 9.53. The lowest BCUT2D eigenvalue weighted by atomic mass is 9.95. The van der Waals surface area contributed by atoms with Gasteiger partial charge in [0.2, 0.25) is 5.88 Å². The smallest absolute Gasteiger partial charge is 0.434 e. The van der Waals surface area contributed by atoms with Crippen LogP contribution in [0.15, 0.2) is 57.7 Å². The van der Waals surface area contributed by atoms with Crippen LogP contribution < -0.4 is 26.4 Å². The minimum atomic E-state index is -4.53. The summed E-state index contributed by atoms with van der Waals surface area (Å²) in [6.07, 6.45) is 3.04. The molecule has 0 spiro atoms. The van der Waals surface area contributed by atoms with E-state index in [0.717, 1.165) is 66.0 Å². The zero-order chi connectivity index (χ0) is 35.6. The van der Waals surface area contributed by atoms with Crippen molar-refractivity contribution < 1.29 is 17.9 Å². The number of imidazole rings is 1. The Bertz CT molecular complexity index is 1840. The molecule has 2 aliphatic heterocycles. The molecule has 1 saturated carbocycles. The summed E-state index contributed by atoms with van der Waals surface area (Å²) >= 11 is 0. The number of aryl methyl sites for hydroxylation is 1. The molecule has 3 aromatic heterocycles. The van der Waals surface area contributed by atoms with Gasteiger partial charge in [-0.3, -0.25) is 9.98 Å². The van der Waals surface area contributed by atoms with E-state index in [1.165, 1.54) is 10.9 Å². The number of nitrogens with two attached hydrogens (primary N) is 2. The van der Waals surface area contributed by atoms with Crippen molar-refractivity contribution in [3.05, 3.63) is 64.6 Å². The van der Waals surface area contributed by atoms with Crippen LogP contribution in [0.25, 0.3) is 17.1 Å². The summed E-state index contributed by atoms with van der Waals surface area (Å²) in [6.45, 7) is 7.01. The van der Waals surface area contributed by atoms with Gasteiger partial charge in [-0.15, -0.1) is 0 Å². The van der Waals surface area contributed by atoms with E-state index >= 15 is 0 Å². The Morgan fingerprint density at radius 3 is 2.50 bits per heavy atom. The van der Waals surface area contributed by atoms with Gasteiger partial charge in [-0.05, 0) is 31.9 Å². The number of rotatable bonds is 9. The topological polar surface area (TPSA) is 158 Å². The molecule has 5 N–H and O–H groups in total. The molecular formula is C35H44F3N11O. The van der Waals surface area contributed by atoms with E-state index < -0.39 is 11.9 Å². The second-order valence-corrected chi connectivity index (χ2v) is 12.8. The molecule has 5 heterocycles. The zero-order valence-corrected chi connectivity index (χ0v) is 28.9. The van der Waals surface area contributed by atoms with Crippen molar-refractivity contribution in [2.45, 2.75) is 58.2 Å². The Hall–Kier alpha value is -4.79. The number of hydrogen-bond donors (Lipinski definition) is 3. The molecule has 1 atom stereocenters. The Labute approximate surface area is 289 Å². The highest BCUT2D eigenvalue weighted by Crippen LogP contribution is 2.44. The number of alkyl halides is 3. The summed E-state index contributed by atoms with van der Waals surface area (Å²) in [5.74, 6) is 1.44. The first-order valence-electron chi connectivity index (χ1n) is 17.0. The summed E-state index contributed by atoms with van der Waals surface area (Å²) in [6, 6.07) is 3.54. The molecule has 2 saturated heterocycles. The summed E-state index contributed by atoms with van der Waals surface area (Å²) < 4.78 is 48.0. The number of nitrogens with zero attached hydrogens (tertiary/aromatic N) is 8. The van der Waals surface area contributed by atoms with Gasteiger partial charge in [0.05, 0.1) is 23.6 Å². The summed E-state index contributed by atoms with van der Waals surface area (Å²) in [4.78, 5) is 28.8. The molecule has 15 heteroatoms. The molecule has 0 radical (unpaired) electrons. The average molecular weight is 692 g/mol. The van der Waals surface area contributed by atoms with E-state index in [1.54, 1.807) is 39.3 Å². The van der Waals surface area contributed by atoms with Crippen LogP contribution in [0.5, 0.6) is 5.88 Å². The van der Waals surface area contributed by atoms with Gasteiger partial charge in [0.15, 0.2) is 5.69 Å². The second kappa shape index (κ2) is 14.6. The molecule has 3 fully saturated rings. The van der Waals surface area contributed by atoms with Gasteiger partial charge in [-0.1, -0.05) is 6.92 Å². The summed E-state index contributed by atoms with van der Waals surface area (Å²) in [5, 5.41) is 3.38. The lowest BCUT2D eigenvalue weighted by molar-refractivity contribution is -0.140. The lowest BCUT2D eigenvalue weighted by Gasteiger charge is -2.32. The van der Waals surface area contributed by atoms with Gasteiger partial charge >= 0.3 is 6.18 Å². The van der Waals surface area contributed by atoms with Crippen molar-refractivity contribution in [3.8, 4) is 17.3 Å². The molecular weight excluding hydrogens is 647 g/mol. The Balaban J connectivity index is 1.28. The molecule has 0 amide bonds. The standard InChI is InChI=1S/C35H44F3N11O/c1-5-48-17-27(35(36,37)38)47-33(48)22-8-9-28(44-14-22)49-13-11-26(42-4)24(16-49)31(40)29-32(21-6-7-21)45-19-46-34(29)50-18-20(2)30(39)23-15-43-12-10-25(23)41-3/h8-9,14,17,19-21,43H,5-7,10-13,15-16,18,39-40H2,1-4H3. The predicted molar refractivity (Wildman–Crippen MR) is 188 cm³/mol. The van der Waals surface area contributed by atoms with E-state index in [2.05, 4.69) is 40.1 Å². The normalized spacial score (nSPS) is 21.5. The Morgan fingerprint density at radius 1 is 1.08 bits per heavy atom. The van der Waals surface area contributed by atoms with Gasteiger partial charge in [-0.2, -0.15) is 13.2 Å². The van der Waals surface area contributed by atoms with Gasteiger partial charge < -0.3 is 31.0 Å². The van der Waals surface area contributed by atoms with Crippen LogP contribution in [-0.4, -0.2) is 82.8 Å². The lowest BCUT2D eigenvalue weighted by Crippen LogP contribution is -2.37. The fourth-order valence-electron chi connectivity index (χ4n) is 6.51. The van der Waals surface area contributed by atoms with Crippen LogP contribution in [0, 0.1) is 5.92 Å². The number of anilines is 1. The van der Waals surface area contributed by atoms with E-state index in [0.29, 0.717) is 67.7 Å². The number of aliphatic imine (C=N–C) groups is 2. The van der Waals surface area contributed by atoms with Crippen molar-refractivity contribution in [2.24, 2.45) is 27.4 Å². The monoisotopic (exact) mass is 691 g/mol. The third kappa shape index (κ3) is 7.23. The number of nitrogens with one attached hydrogen (secondary N) is 1. The summed E-state index contributed by atoms with van der Waals surface area (Å²) in [5.41, 5.74) is 19.8. The first-order chi connectivity index (χ1) is 24.0. The van der Waals surface area contributed by atoms with Crippen molar-refractivity contribution in [1.29, 1.82) is 0 Å². The van der Waals surface area contributed by atoms with Crippen molar-refractivity contribution >= 4 is 22.9 Å².